The molecule has 4 rings (SSSR count). The molecule has 0 unspecified atom stereocenters. The van der Waals surface area contributed by atoms with Crippen LogP contribution in [0, 0.1) is 0 Å². The monoisotopic (exact) mass is 347 g/mol. The smallest absolute Gasteiger partial charge is 0.133 e. The zero-order valence-corrected chi connectivity index (χ0v) is 15.5. The first-order chi connectivity index (χ1) is 12.8. The first-order valence-electron chi connectivity index (χ1n) is 9.40. The SMILES string of the molecule is CCc1ccccc1-n1nc(-c2ccc(OC)cc2)c2c1NCCCC2. The zero-order chi connectivity index (χ0) is 17.9. The van der Waals surface area contributed by atoms with Crippen LogP contribution >= 0.6 is 0 Å². The van der Waals surface area contributed by atoms with Gasteiger partial charge in [-0.3, -0.25) is 0 Å². The maximum Gasteiger partial charge on any atom is 0.133 e. The minimum atomic E-state index is 0.869. The molecule has 1 N–H and O–H groups in total. The van der Waals surface area contributed by atoms with Crippen LogP contribution in [0.15, 0.2) is 48.5 Å². The maximum absolute atomic E-state index is 5.30. The fourth-order valence-corrected chi connectivity index (χ4v) is 3.67. The van der Waals surface area contributed by atoms with E-state index in [-0.39, 0.29) is 0 Å². The van der Waals surface area contributed by atoms with E-state index in [9.17, 15) is 0 Å². The van der Waals surface area contributed by atoms with Crippen LogP contribution in [0.2, 0.25) is 0 Å². The molecule has 4 nitrogen and oxygen atoms in total. The molecule has 0 saturated carbocycles. The number of rotatable bonds is 4. The summed E-state index contributed by atoms with van der Waals surface area (Å²) >= 11 is 0. The molecule has 1 aliphatic heterocycles. The Bertz CT molecular complexity index is 896. The van der Waals surface area contributed by atoms with Gasteiger partial charge in [0.2, 0.25) is 0 Å². The molecule has 26 heavy (non-hydrogen) atoms. The Morgan fingerprint density at radius 1 is 1.08 bits per heavy atom. The summed E-state index contributed by atoms with van der Waals surface area (Å²) in [6.45, 7) is 3.19. The molecular formula is C22H25N3O. The van der Waals surface area contributed by atoms with Crippen LogP contribution in [-0.2, 0) is 12.8 Å². The summed E-state index contributed by atoms with van der Waals surface area (Å²) in [6, 6.07) is 16.7. The lowest BCUT2D eigenvalue weighted by Crippen LogP contribution is -2.08. The van der Waals surface area contributed by atoms with Crippen LogP contribution in [0.3, 0.4) is 0 Å². The van der Waals surface area contributed by atoms with Crippen LogP contribution in [0.4, 0.5) is 5.82 Å². The number of anilines is 1. The maximum atomic E-state index is 5.30. The molecule has 2 aromatic carbocycles. The summed E-state index contributed by atoms with van der Waals surface area (Å²) in [5, 5.41) is 8.68. The molecule has 1 aromatic heterocycles. The van der Waals surface area contributed by atoms with Gasteiger partial charge in [-0.25, -0.2) is 4.68 Å². The van der Waals surface area contributed by atoms with Gasteiger partial charge in [0.05, 0.1) is 18.5 Å². The lowest BCUT2D eigenvalue weighted by atomic mass is 10.0. The minimum Gasteiger partial charge on any atom is -0.497 e. The number of para-hydroxylation sites is 1. The quantitative estimate of drug-likeness (QED) is 0.733. The molecule has 3 aromatic rings. The summed E-state index contributed by atoms with van der Waals surface area (Å²) in [7, 11) is 1.70. The van der Waals surface area contributed by atoms with E-state index in [2.05, 4.69) is 53.3 Å². The van der Waals surface area contributed by atoms with Gasteiger partial charge in [-0.05, 0) is 61.6 Å². The van der Waals surface area contributed by atoms with Crippen LogP contribution in [0.1, 0.15) is 30.9 Å². The van der Waals surface area contributed by atoms with Crippen molar-refractivity contribution in [3.63, 3.8) is 0 Å². The van der Waals surface area contributed by atoms with E-state index >= 15 is 0 Å². The molecule has 4 heteroatoms. The van der Waals surface area contributed by atoms with Gasteiger partial charge in [0, 0.05) is 17.7 Å². The number of nitrogens with one attached hydrogen (secondary N) is 1. The second-order valence-electron chi connectivity index (χ2n) is 6.68. The molecule has 134 valence electrons. The fraction of sp³-hybridized carbons (Fsp3) is 0.318. The van der Waals surface area contributed by atoms with Gasteiger partial charge < -0.3 is 10.1 Å². The highest BCUT2D eigenvalue weighted by Crippen LogP contribution is 2.35. The molecule has 0 fully saturated rings. The summed E-state index contributed by atoms with van der Waals surface area (Å²) in [4.78, 5) is 0. The Morgan fingerprint density at radius 3 is 2.65 bits per heavy atom. The van der Waals surface area contributed by atoms with Gasteiger partial charge in [-0.2, -0.15) is 5.10 Å². The summed E-state index contributed by atoms with van der Waals surface area (Å²) < 4.78 is 7.41. The van der Waals surface area contributed by atoms with E-state index in [1.165, 1.54) is 29.7 Å². The van der Waals surface area contributed by atoms with Gasteiger partial charge >= 0.3 is 0 Å². The second-order valence-corrected chi connectivity index (χ2v) is 6.68. The predicted octanol–water partition coefficient (Wildman–Crippen LogP) is 4.86. The van der Waals surface area contributed by atoms with Crippen molar-refractivity contribution in [2.75, 3.05) is 19.0 Å². The van der Waals surface area contributed by atoms with E-state index in [4.69, 9.17) is 9.84 Å². The van der Waals surface area contributed by atoms with Crippen molar-refractivity contribution in [1.82, 2.24) is 9.78 Å². The molecule has 0 radical (unpaired) electrons. The standard InChI is InChI=1S/C22H25N3O/c1-3-16-8-4-5-10-20(16)25-22-19(9-6-7-15-23-22)21(24-25)17-11-13-18(26-2)14-12-17/h4-5,8,10-14,23H,3,6-7,9,15H2,1-2H3. The van der Waals surface area contributed by atoms with Gasteiger partial charge in [0.25, 0.3) is 0 Å². The third-order valence-corrected chi connectivity index (χ3v) is 5.09. The van der Waals surface area contributed by atoms with E-state index in [1.54, 1.807) is 7.11 Å². The largest absolute Gasteiger partial charge is 0.497 e. The first-order valence-corrected chi connectivity index (χ1v) is 9.40. The Balaban J connectivity index is 1.88. The van der Waals surface area contributed by atoms with Crippen LogP contribution in [0.25, 0.3) is 16.9 Å². The number of aryl methyl sites for hydroxylation is 1. The van der Waals surface area contributed by atoms with E-state index in [0.717, 1.165) is 42.2 Å². The van der Waals surface area contributed by atoms with E-state index in [1.807, 2.05) is 12.1 Å². The van der Waals surface area contributed by atoms with Gasteiger partial charge in [-0.1, -0.05) is 25.1 Å². The molecule has 0 spiro atoms. The molecule has 0 aliphatic carbocycles. The molecule has 0 bridgehead atoms. The fourth-order valence-electron chi connectivity index (χ4n) is 3.67. The molecule has 0 amide bonds. The number of fused-ring (bicyclic) bond motifs is 1. The molecule has 0 atom stereocenters. The van der Waals surface area contributed by atoms with Crippen molar-refractivity contribution >= 4 is 5.82 Å². The van der Waals surface area contributed by atoms with Crippen molar-refractivity contribution in [2.24, 2.45) is 0 Å². The van der Waals surface area contributed by atoms with Crippen molar-refractivity contribution in [1.29, 1.82) is 0 Å². The van der Waals surface area contributed by atoms with Gasteiger partial charge in [-0.15, -0.1) is 0 Å². The van der Waals surface area contributed by atoms with Crippen LogP contribution < -0.4 is 10.1 Å². The number of ether oxygens (including phenoxy) is 1. The first kappa shape index (κ1) is 16.7. The minimum absolute atomic E-state index is 0.869. The molecule has 0 saturated heterocycles. The highest BCUT2D eigenvalue weighted by atomic mass is 16.5. The number of aromatic nitrogens is 2. The van der Waals surface area contributed by atoms with Crippen molar-refractivity contribution in [2.45, 2.75) is 32.6 Å². The highest BCUT2D eigenvalue weighted by molar-refractivity contribution is 5.72. The van der Waals surface area contributed by atoms with Crippen LogP contribution in [-0.4, -0.2) is 23.4 Å². The average Bonchev–Trinajstić information content (AvgIpc) is 2.88. The zero-order valence-electron chi connectivity index (χ0n) is 15.5. The Hall–Kier alpha value is -2.75. The lowest BCUT2D eigenvalue weighted by molar-refractivity contribution is 0.415. The molecular weight excluding hydrogens is 322 g/mol. The number of hydrogen-bond acceptors (Lipinski definition) is 3. The number of methoxy groups -OCH3 is 1. The number of hydrogen-bond donors (Lipinski definition) is 1. The van der Waals surface area contributed by atoms with Crippen molar-refractivity contribution in [3.8, 4) is 22.7 Å². The van der Waals surface area contributed by atoms with Gasteiger partial charge in [0.15, 0.2) is 0 Å². The highest BCUT2D eigenvalue weighted by Gasteiger charge is 2.22. The topological polar surface area (TPSA) is 39.1 Å². The lowest BCUT2D eigenvalue weighted by Gasteiger charge is -2.12. The molecule has 1 aliphatic rings. The predicted molar refractivity (Wildman–Crippen MR) is 106 cm³/mol. The Labute approximate surface area is 154 Å². The number of nitrogens with zero attached hydrogens (tertiary/aromatic N) is 2. The summed E-state index contributed by atoms with van der Waals surface area (Å²) in [5.41, 5.74) is 6.01. The summed E-state index contributed by atoms with van der Waals surface area (Å²) in [5.74, 6) is 2.02. The Morgan fingerprint density at radius 2 is 1.88 bits per heavy atom. The number of benzene rings is 2. The Kier molecular flexibility index (Phi) is 4.65. The van der Waals surface area contributed by atoms with E-state index < -0.39 is 0 Å². The summed E-state index contributed by atoms with van der Waals surface area (Å²) in [6.07, 6.45) is 4.41. The van der Waals surface area contributed by atoms with Crippen molar-refractivity contribution < 1.29 is 4.74 Å². The third kappa shape index (κ3) is 2.96. The van der Waals surface area contributed by atoms with Gasteiger partial charge in [0.1, 0.15) is 11.6 Å². The normalized spacial score (nSPS) is 13.6. The molecule has 2 heterocycles. The van der Waals surface area contributed by atoms with E-state index in [0.29, 0.717) is 0 Å². The third-order valence-electron chi connectivity index (χ3n) is 5.09. The van der Waals surface area contributed by atoms with Crippen LogP contribution in [0.5, 0.6) is 5.75 Å². The average molecular weight is 347 g/mol. The van der Waals surface area contributed by atoms with Crippen molar-refractivity contribution in [3.05, 3.63) is 59.7 Å². The second kappa shape index (κ2) is 7.24.